The second kappa shape index (κ2) is 5.65. The van der Waals surface area contributed by atoms with E-state index < -0.39 is 0 Å². The fraction of sp³-hybridized carbons (Fsp3) is 0.455. The first-order chi connectivity index (χ1) is 7.07. The van der Waals surface area contributed by atoms with Crippen molar-refractivity contribution >= 4 is 43.8 Å². The molecule has 0 N–H and O–H groups in total. The molecule has 4 heteroatoms. The van der Waals surface area contributed by atoms with E-state index in [0.29, 0.717) is 0 Å². The molecule has 0 saturated carbocycles. The van der Waals surface area contributed by atoms with E-state index >= 15 is 0 Å². The molecule has 78 valence electrons. The molecule has 0 fully saturated rings. The SMILES string of the molecule is [Li][CH2][SiH2]c1cccc(N(C)C)c1N(C)C. The second-order valence-corrected chi connectivity index (χ2v) is 6.59. The Morgan fingerprint density at radius 2 is 1.80 bits per heavy atom. The van der Waals surface area contributed by atoms with Crippen LogP contribution < -0.4 is 15.0 Å². The first kappa shape index (κ1) is 12.7. The molecule has 0 aromatic heterocycles. The molecule has 0 aliphatic heterocycles. The third kappa shape index (κ3) is 3.04. The number of anilines is 2. The molecule has 0 aliphatic carbocycles. The number of nitrogens with zero attached hydrogens (tertiary/aromatic N) is 2. The van der Waals surface area contributed by atoms with E-state index in [0.717, 1.165) is 0 Å². The Labute approximate surface area is 105 Å². The predicted molar refractivity (Wildman–Crippen MR) is 73.8 cm³/mol. The third-order valence-electron chi connectivity index (χ3n) is 2.55. The zero-order valence-corrected chi connectivity index (χ0v) is 12.0. The van der Waals surface area contributed by atoms with Gasteiger partial charge in [-0.05, 0) is 0 Å². The standard InChI is InChI=1S/C11H19N2Si.Li/c1-12(2)9-7-6-8-10(14-5)11(9)13(3)4;/h6-8H,5,14H2,1-4H3;. The summed E-state index contributed by atoms with van der Waals surface area (Å²) in [7, 11) is 8.40. The Kier molecular flexibility index (Phi) is 4.78. The van der Waals surface area contributed by atoms with Gasteiger partial charge in [-0.15, -0.1) is 0 Å². The normalized spacial score (nSPS) is 11.1. The van der Waals surface area contributed by atoms with E-state index in [4.69, 9.17) is 0 Å². The molecule has 1 rings (SSSR count). The van der Waals surface area contributed by atoms with Gasteiger partial charge >= 0.3 is 105 Å². The van der Waals surface area contributed by atoms with Gasteiger partial charge in [-0.25, -0.2) is 0 Å². The van der Waals surface area contributed by atoms with E-state index in [2.05, 4.69) is 73.9 Å². The first-order valence-corrected chi connectivity index (χ1v) is 7.25. The molecular formula is C11H19LiN2Si. The Bertz CT molecular complexity index is 326. The molecule has 0 heterocycles. The van der Waals surface area contributed by atoms with Crippen molar-refractivity contribution in [3.8, 4) is 0 Å². The quantitative estimate of drug-likeness (QED) is 0.659. The van der Waals surface area contributed by atoms with Crippen LogP contribution in [0, 0.1) is 0 Å². The van der Waals surface area contributed by atoms with Crippen molar-refractivity contribution in [1.82, 2.24) is 0 Å². The monoisotopic (exact) mass is 214 g/mol. The summed E-state index contributed by atoms with van der Waals surface area (Å²) >= 11 is 2.29. The van der Waals surface area contributed by atoms with E-state index in [1.54, 1.807) is 5.19 Å². The molecular weight excluding hydrogens is 195 g/mol. The summed E-state index contributed by atoms with van der Waals surface area (Å²) in [5.41, 5.74) is 2.74. The number of rotatable bonds is 4. The van der Waals surface area contributed by atoms with Crippen molar-refractivity contribution in [2.75, 3.05) is 38.0 Å². The van der Waals surface area contributed by atoms with Crippen molar-refractivity contribution in [2.45, 2.75) is 4.72 Å². The van der Waals surface area contributed by atoms with Gasteiger partial charge in [-0.1, -0.05) is 0 Å². The summed E-state index contributed by atoms with van der Waals surface area (Å²) in [4.78, 5) is 4.44. The van der Waals surface area contributed by atoms with Crippen LogP contribution in [0.4, 0.5) is 11.4 Å². The van der Waals surface area contributed by atoms with Gasteiger partial charge in [0.05, 0.1) is 0 Å². The molecule has 15 heavy (non-hydrogen) atoms. The zero-order valence-electron chi connectivity index (χ0n) is 10.5. The van der Waals surface area contributed by atoms with Crippen LogP contribution in [0.3, 0.4) is 0 Å². The van der Waals surface area contributed by atoms with Crippen molar-refractivity contribution in [3.63, 3.8) is 0 Å². The van der Waals surface area contributed by atoms with Crippen LogP contribution in [-0.4, -0.2) is 55.4 Å². The molecule has 0 amide bonds. The van der Waals surface area contributed by atoms with E-state index in [1.807, 2.05) is 0 Å². The van der Waals surface area contributed by atoms with E-state index in [9.17, 15) is 0 Å². The molecule has 0 spiro atoms. The van der Waals surface area contributed by atoms with Gasteiger partial charge in [0.15, 0.2) is 0 Å². The number of hydrogen-bond acceptors (Lipinski definition) is 2. The van der Waals surface area contributed by atoms with E-state index in [1.165, 1.54) is 16.1 Å². The van der Waals surface area contributed by atoms with Crippen LogP contribution >= 0.6 is 0 Å². The van der Waals surface area contributed by atoms with Crippen LogP contribution in [0.2, 0.25) is 4.72 Å². The number of hydrogen-bond donors (Lipinski definition) is 0. The maximum absolute atomic E-state index is 2.29. The van der Waals surface area contributed by atoms with Gasteiger partial charge < -0.3 is 0 Å². The second-order valence-electron chi connectivity index (χ2n) is 4.32. The molecule has 0 atom stereocenters. The molecule has 2 nitrogen and oxygen atoms in total. The van der Waals surface area contributed by atoms with Crippen LogP contribution in [0.25, 0.3) is 0 Å². The summed E-state index contributed by atoms with van der Waals surface area (Å²) in [6, 6.07) is 6.67. The molecule has 0 unspecified atom stereocenters. The number of benzene rings is 1. The van der Waals surface area contributed by atoms with Crippen molar-refractivity contribution in [2.24, 2.45) is 0 Å². The average molecular weight is 214 g/mol. The molecule has 1 aromatic rings. The Hall–Kier alpha value is -0.366. The predicted octanol–water partition coefficient (Wildman–Crippen LogP) is 0.157. The average Bonchev–Trinajstić information content (AvgIpc) is 2.17. The minimum absolute atomic E-state index is 0.0944. The van der Waals surface area contributed by atoms with Gasteiger partial charge in [0, 0.05) is 0 Å². The summed E-state index contributed by atoms with van der Waals surface area (Å²) in [6.07, 6.45) is 0. The van der Waals surface area contributed by atoms with Gasteiger partial charge in [0.25, 0.3) is 0 Å². The minimum atomic E-state index is -0.0944. The fourth-order valence-electron chi connectivity index (χ4n) is 1.93. The van der Waals surface area contributed by atoms with Crippen LogP contribution in [0.15, 0.2) is 18.2 Å². The van der Waals surface area contributed by atoms with Gasteiger partial charge in [-0.3, -0.25) is 0 Å². The van der Waals surface area contributed by atoms with E-state index in [-0.39, 0.29) is 9.52 Å². The molecule has 0 bridgehead atoms. The zero-order chi connectivity index (χ0) is 11.4. The first-order valence-electron chi connectivity index (χ1n) is 5.54. The molecule has 1 aromatic carbocycles. The van der Waals surface area contributed by atoms with Gasteiger partial charge in [0.1, 0.15) is 0 Å². The fourth-order valence-corrected chi connectivity index (χ4v) is 3.50. The third-order valence-corrected chi connectivity index (χ3v) is 4.16. The summed E-state index contributed by atoms with van der Waals surface area (Å²) in [6.45, 7) is 0. The van der Waals surface area contributed by atoms with Crippen LogP contribution in [-0.2, 0) is 0 Å². The Morgan fingerprint density at radius 3 is 2.27 bits per heavy atom. The molecule has 0 radical (unpaired) electrons. The van der Waals surface area contributed by atoms with Gasteiger partial charge in [0.2, 0.25) is 0 Å². The van der Waals surface area contributed by atoms with Crippen molar-refractivity contribution < 1.29 is 0 Å². The summed E-state index contributed by atoms with van der Waals surface area (Å²) < 4.78 is 1.33. The Balaban J connectivity index is 3.22. The van der Waals surface area contributed by atoms with Gasteiger partial charge in [-0.2, -0.15) is 0 Å². The Morgan fingerprint density at radius 1 is 1.13 bits per heavy atom. The van der Waals surface area contributed by atoms with Crippen molar-refractivity contribution in [1.29, 1.82) is 0 Å². The van der Waals surface area contributed by atoms with Crippen LogP contribution in [0.1, 0.15) is 0 Å². The maximum atomic E-state index is 2.29. The summed E-state index contributed by atoms with van der Waals surface area (Å²) in [5.74, 6) is 0. The number of para-hydroxylation sites is 1. The topological polar surface area (TPSA) is 6.48 Å². The summed E-state index contributed by atoms with van der Waals surface area (Å²) in [5, 5.41) is 1.58. The molecule has 0 aliphatic rings. The molecule has 0 saturated heterocycles. The van der Waals surface area contributed by atoms with Crippen molar-refractivity contribution in [3.05, 3.63) is 18.2 Å². The van der Waals surface area contributed by atoms with Crippen LogP contribution in [0.5, 0.6) is 0 Å².